The van der Waals surface area contributed by atoms with Gasteiger partial charge in [-0.25, -0.2) is 4.39 Å². The predicted molar refractivity (Wildman–Crippen MR) is 39.6 cm³/mol. The van der Waals surface area contributed by atoms with Crippen LogP contribution in [0.2, 0.25) is 0 Å². The molecule has 0 amide bonds. The van der Waals surface area contributed by atoms with Crippen molar-refractivity contribution in [2.24, 2.45) is 0 Å². The van der Waals surface area contributed by atoms with Crippen LogP contribution in [0.25, 0.3) is 0 Å². The number of epoxide rings is 1. The molecule has 0 saturated carbocycles. The Hall–Kier alpha value is -1.40. The van der Waals surface area contributed by atoms with Gasteiger partial charge in [0.1, 0.15) is 11.9 Å². The van der Waals surface area contributed by atoms with Crippen molar-refractivity contribution in [3.63, 3.8) is 0 Å². The summed E-state index contributed by atoms with van der Waals surface area (Å²) in [6, 6.07) is 7.99. The van der Waals surface area contributed by atoms with E-state index in [0.717, 1.165) is 5.56 Å². The third-order valence-electron chi connectivity index (χ3n) is 1.82. The van der Waals surface area contributed by atoms with E-state index in [4.69, 9.17) is 10.00 Å². The Bertz CT molecular complexity index is 327. The molecule has 1 aliphatic rings. The first-order valence-corrected chi connectivity index (χ1v) is 3.62. The summed E-state index contributed by atoms with van der Waals surface area (Å²) in [5, 5.41) is 8.44. The number of ether oxygens (including phenoxy) is 1. The molecule has 1 aliphatic heterocycles. The zero-order valence-electron chi connectivity index (χ0n) is 6.20. The van der Waals surface area contributed by atoms with Crippen LogP contribution in [0.15, 0.2) is 24.3 Å². The Morgan fingerprint density at radius 2 is 2.00 bits per heavy atom. The first-order chi connectivity index (χ1) is 5.81. The summed E-state index contributed by atoms with van der Waals surface area (Å²) in [6.07, 6.45) is -0.480. The van der Waals surface area contributed by atoms with Gasteiger partial charge in [0.25, 0.3) is 0 Å². The van der Waals surface area contributed by atoms with Gasteiger partial charge in [-0.2, -0.15) is 5.26 Å². The molecule has 0 bridgehead atoms. The van der Waals surface area contributed by atoms with E-state index >= 15 is 0 Å². The predicted octanol–water partition coefficient (Wildman–Crippen LogP) is 1.79. The first-order valence-electron chi connectivity index (χ1n) is 3.62. The second-order valence-electron chi connectivity index (χ2n) is 2.66. The van der Waals surface area contributed by atoms with Crippen molar-refractivity contribution in [3.8, 4) is 6.07 Å². The van der Waals surface area contributed by atoms with Gasteiger partial charge < -0.3 is 4.74 Å². The topological polar surface area (TPSA) is 36.3 Å². The molecule has 0 radical (unpaired) electrons. The van der Waals surface area contributed by atoms with Crippen molar-refractivity contribution in [2.45, 2.75) is 12.2 Å². The molecule has 0 N–H and O–H groups in total. The molecular formula is C9H6FNO. The van der Waals surface area contributed by atoms with Crippen LogP contribution >= 0.6 is 0 Å². The van der Waals surface area contributed by atoms with Crippen molar-refractivity contribution in [2.75, 3.05) is 0 Å². The summed E-state index contributed by atoms with van der Waals surface area (Å²) in [6.45, 7) is 0. The molecule has 12 heavy (non-hydrogen) atoms. The summed E-state index contributed by atoms with van der Waals surface area (Å²) in [5.74, 6) is -0.270. The molecule has 3 heteroatoms. The van der Waals surface area contributed by atoms with Gasteiger partial charge in [0.15, 0.2) is 6.10 Å². The SMILES string of the molecule is N#C[C@@H]1O[C@@H]1c1ccc(F)cc1. The highest BCUT2D eigenvalue weighted by Gasteiger charge is 2.40. The second-order valence-corrected chi connectivity index (χ2v) is 2.66. The van der Waals surface area contributed by atoms with Gasteiger partial charge in [-0.05, 0) is 17.7 Å². The zero-order chi connectivity index (χ0) is 8.55. The van der Waals surface area contributed by atoms with E-state index < -0.39 is 0 Å². The maximum Gasteiger partial charge on any atom is 0.175 e. The average molecular weight is 163 g/mol. The van der Waals surface area contributed by atoms with Crippen molar-refractivity contribution in [3.05, 3.63) is 35.6 Å². The maximum atomic E-state index is 12.4. The fourth-order valence-corrected chi connectivity index (χ4v) is 1.12. The van der Waals surface area contributed by atoms with Crippen LogP contribution in [0, 0.1) is 17.1 Å². The van der Waals surface area contributed by atoms with Gasteiger partial charge in [-0.1, -0.05) is 12.1 Å². The Morgan fingerprint density at radius 1 is 1.33 bits per heavy atom. The number of halogens is 1. The van der Waals surface area contributed by atoms with Crippen LogP contribution in [0.5, 0.6) is 0 Å². The van der Waals surface area contributed by atoms with E-state index in [2.05, 4.69) is 0 Å². The van der Waals surface area contributed by atoms with Gasteiger partial charge in [0.05, 0.1) is 6.07 Å². The van der Waals surface area contributed by atoms with Crippen molar-refractivity contribution < 1.29 is 9.13 Å². The van der Waals surface area contributed by atoms with E-state index in [9.17, 15) is 4.39 Å². The number of rotatable bonds is 1. The Morgan fingerprint density at radius 3 is 2.50 bits per heavy atom. The molecule has 1 aromatic rings. The number of benzene rings is 1. The smallest absolute Gasteiger partial charge is 0.175 e. The monoisotopic (exact) mass is 163 g/mol. The van der Waals surface area contributed by atoms with Crippen molar-refractivity contribution in [1.29, 1.82) is 5.26 Å². The molecule has 1 heterocycles. The molecule has 1 saturated heterocycles. The molecule has 2 nitrogen and oxygen atoms in total. The highest BCUT2D eigenvalue weighted by Crippen LogP contribution is 2.37. The maximum absolute atomic E-state index is 12.4. The minimum absolute atomic E-state index is 0.143. The highest BCUT2D eigenvalue weighted by atomic mass is 19.1. The molecule has 60 valence electrons. The minimum atomic E-state index is -0.338. The van der Waals surface area contributed by atoms with E-state index in [-0.39, 0.29) is 18.0 Å². The van der Waals surface area contributed by atoms with Gasteiger partial charge >= 0.3 is 0 Å². The lowest BCUT2D eigenvalue weighted by Crippen LogP contribution is -1.84. The number of hydrogen-bond donors (Lipinski definition) is 0. The largest absolute Gasteiger partial charge is 0.348 e. The van der Waals surface area contributed by atoms with Crippen LogP contribution in [0.3, 0.4) is 0 Å². The number of nitriles is 1. The Labute approximate surface area is 69.2 Å². The van der Waals surface area contributed by atoms with Gasteiger partial charge in [-0.3, -0.25) is 0 Å². The molecule has 2 atom stereocenters. The molecule has 0 aromatic heterocycles. The van der Waals surface area contributed by atoms with Crippen LogP contribution in [-0.2, 0) is 4.74 Å². The summed E-state index contributed by atoms with van der Waals surface area (Å²) >= 11 is 0. The number of nitrogens with zero attached hydrogens (tertiary/aromatic N) is 1. The van der Waals surface area contributed by atoms with Gasteiger partial charge in [-0.15, -0.1) is 0 Å². The quantitative estimate of drug-likeness (QED) is 0.592. The molecule has 1 aromatic carbocycles. The average Bonchev–Trinajstić information content (AvgIpc) is 2.85. The molecule has 2 rings (SSSR count). The summed E-state index contributed by atoms with van der Waals surface area (Å²) in [4.78, 5) is 0. The van der Waals surface area contributed by atoms with Gasteiger partial charge in [0.2, 0.25) is 0 Å². The fraction of sp³-hybridized carbons (Fsp3) is 0.222. The summed E-state index contributed by atoms with van der Waals surface area (Å²) in [7, 11) is 0. The van der Waals surface area contributed by atoms with Crippen molar-refractivity contribution >= 4 is 0 Å². The fourth-order valence-electron chi connectivity index (χ4n) is 1.12. The van der Waals surface area contributed by atoms with Crippen molar-refractivity contribution in [1.82, 2.24) is 0 Å². The van der Waals surface area contributed by atoms with Crippen LogP contribution < -0.4 is 0 Å². The third-order valence-corrected chi connectivity index (χ3v) is 1.82. The number of hydrogen-bond acceptors (Lipinski definition) is 2. The molecule has 1 fully saturated rings. The molecular weight excluding hydrogens is 157 g/mol. The highest BCUT2D eigenvalue weighted by molar-refractivity contribution is 5.25. The summed E-state index contributed by atoms with van der Waals surface area (Å²) in [5.41, 5.74) is 0.864. The van der Waals surface area contributed by atoms with Crippen LogP contribution in [0.4, 0.5) is 4.39 Å². The second kappa shape index (κ2) is 2.58. The lowest BCUT2D eigenvalue weighted by atomic mass is 10.1. The normalized spacial score (nSPS) is 26.3. The van der Waals surface area contributed by atoms with Crippen LogP contribution in [0.1, 0.15) is 11.7 Å². The van der Waals surface area contributed by atoms with E-state index in [1.807, 2.05) is 6.07 Å². The minimum Gasteiger partial charge on any atom is -0.348 e. The van der Waals surface area contributed by atoms with E-state index in [1.165, 1.54) is 12.1 Å². The third kappa shape index (κ3) is 1.17. The lowest BCUT2D eigenvalue weighted by molar-refractivity contribution is 0.396. The molecule has 0 spiro atoms. The molecule has 0 aliphatic carbocycles. The summed E-state index contributed by atoms with van der Waals surface area (Å²) < 4.78 is 17.5. The zero-order valence-corrected chi connectivity index (χ0v) is 6.20. The Kier molecular flexibility index (Phi) is 1.56. The lowest BCUT2D eigenvalue weighted by Gasteiger charge is -1.92. The van der Waals surface area contributed by atoms with E-state index in [1.54, 1.807) is 12.1 Å². The standard InChI is InChI=1S/C9H6FNO/c10-7-3-1-6(2-4-7)9-8(5-11)12-9/h1-4,8-9H/t8-,9+/m0/s1. The Balaban J connectivity index is 2.17. The van der Waals surface area contributed by atoms with Crippen LogP contribution in [-0.4, -0.2) is 6.10 Å². The van der Waals surface area contributed by atoms with Gasteiger partial charge in [0, 0.05) is 0 Å². The van der Waals surface area contributed by atoms with E-state index in [0.29, 0.717) is 0 Å². The molecule has 0 unspecified atom stereocenters. The first kappa shape index (κ1) is 7.26.